The summed E-state index contributed by atoms with van der Waals surface area (Å²) in [5.41, 5.74) is 2.18. The van der Waals surface area contributed by atoms with E-state index in [1.165, 1.54) is 6.26 Å². The van der Waals surface area contributed by atoms with E-state index in [-0.39, 0.29) is 23.6 Å². The maximum absolute atomic E-state index is 13.8. The second-order valence-corrected chi connectivity index (χ2v) is 8.20. The van der Waals surface area contributed by atoms with Crippen LogP contribution in [0.25, 0.3) is 0 Å². The second kappa shape index (κ2) is 8.40. The standard InChI is InChI=1S/C23H21F3N6O2/c1-14-4-6-15(7-5-14)13-31-9-8-20(30-31)29-22(33)16-12-27-32-19(23(24,25)26)11-17(28-21(16)32)18-3-2-10-34-18/h2-10,12,17,19,28H,11,13H2,1H3,(H,29,30,33)/t17-,19+/m0/s1. The third-order valence-corrected chi connectivity index (χ3v) is 5.72. The van der Waals surface area contributed by atoms with E-state index in [9.17, 15) is 18.0 Å². The van der Waals surface area contributed by atoms with Crippen molar-refractivity contribution in [1.82, 2.24) is 19.6 Å². The van der Waals surface area contributed by atoms with Crippen LogP contribution in [0.5, 0.6) is 0 Å². The Morgan fingerprint density at radius 2 is 2.03 bits per heavy atom. The third-order valence-electron chi connectivity index (χ3n) is 5.72. The molecule has 0 bridgehead atoms. The van der Waals surface area contributed by atoms with E-state index in [1.54, 1.807) is 29.1 Å². The fourth-order valence-electron chi connectivity index (χ4n) is 3.99. The molecule has 0 radical (unpaired) electrons. The number of benzene rings is 1. The third kappa shape index (κ3) is 4.28. The van der Waals surface area contributed by atoms with E-state index in [4.69, 9.17) is 4.42 Å². The first-order valence-electron chi connectivity index (χ1n) is 10.6. The molecule has 176 valence electrons. The molecule has 4 aromatic rings. The molecule has 2 atom stereocenters. The molecule has 34 heavy (non-hydrogen) atoms. The Hall–Kier alpha value is -4.02. The number of anilines is 2. The zero-order chi connectivity index (χ0) is 23.9. The highest BCUT2D eigenvalue weighted by Gasteiger charge is 2.47. The van der Waals surface area contributed by atoms with Crippen LogP contribution in [0, 0.1) is 6.92 Å². The SMILES string of the molecule is Cc1ccc(Cn2ccc(NC(=O)c3cnn4c3N[C@H](c3ccco3)C[C@@H]4C(F)(F)F)n2)cc1. The molecule has 0 spiro atoms. The van der Waals surface area contributed by atoms with Gasteiger partial charge < -0.3 is 15.1 Å². The Morgan fingerprint density at radius 1 is 1.24 bits per heavy atom. The molecule has 4 heterocycles. The Bertz CT molecular complexity index is 1290. The molecule has 8 nitrogen and oxygen atoms in total. The Balaban J connectivity index is 1.36. The molecule has 5 rings (SSSR count). The molecule has 0 fully saturated rings. The highest BCUT2D eigenvalue weighted by atomic mass is 19.4. The molecule has 1 amide bonds. The summed E-state index contributed by atoms with van der Waals surface area (Å²) in [4.78, 5) is 12.9. The van der Waals surface area contributed by atoms with Gasteiger partial charge in [-0.1, -0.05) is 29.8 Å². The number of carbonyl (C=O) groups is 1. The van der Waals surface area contributed by atoms with E-state index in [1.807, 2.05) is 31.2 Å². The quantitative estimate of drug-likeness (QED) is 0.431. The lowest BCUT2D eigenvalue weighted by Gasteiger charge is -2.32. The van der Waals surface area contributed by atoms with Crippen molar-refractivity contribution >= 4 is 17.5 Å². The van der Waals surface area contributed by atoms with Crippen LogP contribution in [-0.2, 0) is 6.54 Å². The zero-order valence-corrected chi connectivity index (χ0v) is 18.1. The molecular formula is C23H21F3N6O2. The number of aryl methyl sites for hydroxylation is 1. The zero-order valence-electron chi connectivity index (χ0n) is 18.1. The monoisotopic (exact) mass is 470 g/mol. The van der Waals surface area contributed by atoms with Crippen LogP contribution in [-0.4, -0.2) is 31.6 Å². The number of nitrogens with one attached hydrogen (secondary N) is 2. The van der Waals surface area contributed by atoms with Crippen molar-refractivity contribution in [2.24, 2.45) is 0 Å². The van der Waals surface area contributed by atoms with Gasteiger partial charge >= 0.3 is 6.18 Å². The molecule has 1 aliphatic rings. The minimum atomic E-state index is -4.55. The van der Waals surface area contributed by atoms with E-state index >= 15 is 0 Å². The van der Waals surface area contributed by atoms with Crippen molar-refractivity contribution < 1.29 is 22.4 Å². The predicted molar refractivity (Wildman–Crippen MR) is 117 cm³/mol. The van der Waals surface area contributed by atoms with Gasteiger partial charge in [-0.05, 0) is 24.6 Å². The Labute approximate surface area is 192 Å². The Morgan fingerprint density at radius 3 is 2.74 bits per heavy atom. The fraction of sp³-hybridized carbons (Fsp3) is 0.261. The first kappa shape index (κ1) is 21.8. The number of furan rings is 1. The van der Waals surface area contributed by atoms with E-state index in [0.29, 0.717) is 12.3 Å². The molecule has 0 saturated carbocycles. The average molecular weight is 470 g/mol. The van der Waals surface area contributed by atoms with Gasteiger partial charge in [0.15, 0.2) is 11.9 Å². The van der Waals surface area contributed by atoms with Gasteiger partial charge in [-0.15, -0.1) is 0 Å². The van der Waals surface area contributed by atoms with Crippen LogP contribution in [0.4, 0.5) is 24.8 Å². The summed E-state index contributed by atoms with van der Waals surface area (Å²) in [6.07, 6.45) is -0.615. The summed E-state index contributed by atoms with van der Waals surface area (Å²) < 4.78 is 49.1. The van der Waals surface area contributed by atoms with Crippen LogP contribution < -0.4 is 10.6 Å². The van der Waals surface area contributed by atoms with Gasteiger partial charge in [-0.2, -0.15) is 23.4 Å². The number of carbonyl (C=O) groups excluding carboxylic acids is 1. The predicted octanol–water partition coefficient (Wildman–Crippen LogP) is 4.94. The minimum Gasteiger partial charge on any atom is -0.467 e. The van der Waals surface area contributed by atoms with Crippen LogP contribution in [0.2, 0.25) is 0 Å². The average Bonchev–Trinajstić information content (AvgIpc) is 3.55. The summed E-state index contributed by atoms with van der Waals surface area (Å²) >= 11 is 0. The van der Waals surface area contributed by atoms with Gasteiger partial charge in [0.05, 0.1) is 25.0 Å². The minimum absolute atomic E-state index is 0.0152. The fourth-order valence-corrected chi connectivity index (χ4v) is 3.99. The smallest absolute Gasteiger partial charge is 0.410 e. The molecule has 1 aliphatic heterocycles. The molecule has 0 aliphatic carbocycles. The van der Waals surface area contributed by atoms with Crippen molar-refractivity contribution in [2.45, 2.75) is 38.1 Å². The summed E-state index contributed by atoms with van der Waals surface area (Å²) in [6.45, 7) is 2.52. The lowest BCUT2D eigenvalue weighted by Crippen LogP contribution is -2.36. The number of hydrogen-bond acceptors (Lipinski definition) is 5. The van der Waals surface area contributed by atoms with Crippen LogP contribution in [0.15, 0.2) is 65.5 Å². The first-order chi connectivity index (χ1) is 16.3. The van der Waals surface area contributed by atoms with Gasteiger partial charge in [-0.3, -0.25) is 9.48 Å². The molecule has 11 heteroatoms. The van der Waals surface area contributed by atoms with Crippen molar-refractivity contribution in [2.75, 3.05) is 10.6 Å². The lowest BCUT2D eigenvalue weighted by molar-refractivity contribution is -0.174. The number of halogens is 3. The largest absolute Gasteiger partial charge is 0.467 e. The van der Waals surface area contributed by atoms with E-state index < -0.39 is 24.2 Å². The molecular weight excluding hydrogens is 449 g/mol. The van der Waals surface area contributed by atoms with Crippen molar-refractivity contribution in [3.8, 4) is 0 Å². The Kier molecular flexibility index (Phi) is 5.39. The van der Waals surface area contributed by atoms with Crippen molar-refractivity contribution in [3.63, 3.8) is 0 Å². The van der Waals surface area contributed by atoms with E-state index in [0.717, 1.165) is 22.0 Å². The van der Waals surface area contributed by atoms with Crippen molar-refractivity contribution in [3.05, 3.63) is 83.6 Å². The molecule has 3 aromatic heterocycles. The first-order valence-corrected chi connectivity index (χ1v) is 10.6. The molecule has 0 saturated heterocycles. The topological polar surface area (TPSA) is 89.9 Å². The number of fused-ring (bicyclic) bond motifs is 1. The van der Waals surface area contributed by atoms with Gasteiger partial charge in [0.2, 0.25) is 0 Å². The van der Waals surface area contributed by atoms with Crippen LogP contribution >= 0.6 is 0 Å². The van der Waals surface area contributed by atoms with Gasteiger partial charge in [0.25, 0.3) is 5.91 Å². The van der Waals surface area contributed by atoms with Gasteiger partial charge in [0.1, 0.15) is 17.1 Å². The van der Waals surface area contributed by atoms with Crippen molar-refractivity contribution in [1.29, 1.82) is 0 Å². The number of nitrogens with zero attached hydrogens (tertiary/aromatic N) is 4. The van der Waals surface area contributed by atoms with Gasteiger partial charge in [0, 0.05) is 18.7 Å². The number of aromatic nitrogens is 4. The van der Waals surface area contributed by atoms with Crippen LogP contribution in [0.1, 0.15) is 45.7 Å². The van der Waals surface area contributed by atoms with E-state index in [2.05, 4.69) is 20.8 Å². The molecule has 1 aromatic carbocycles. The lowest BCUT2D eigenvalue weighted by atomic mass is 10.0. The normalized spacial score (nSPS) is 17.8. The number of amides is 1. The number of alkyl halides is 3. The summed E-state index contributed by atoms with van der Waals surface area (Å²) in [6, 6.07) is 10.2. The molecule has 0 unspecified atom stereocenters. The van der Waals surface area contributed by atoms with Gasteiger partial charge in [-0.25, -0.2) is 4.68 Å². The highest BCUT2D eigenvalue weighted by molar-refractivity contribution is 6.07. The summed E-state index contributed by atoms with van der Waals surface area (Å²) in [5, 5.41) is 13.8. The molecule has 2 N–H and O–H groups in total. The summed E-state index contributed by atoms with van der Waals surface area (Å²) in [5.74, 6) is -0.00680. The highest BCUT2D eigenvalue weighted by Crippen LogP contribution is 2.44. The number of rotatable bonds is 5. The second-order valence-electron chi connectivity index (χ2n) is 8.20. The maximum atomic E-state index is 13.8. The van der Waals surface area contributed by atoms with Crippen LogP contribution in [0.3, 0.4) is 0 Å². The number of hydrogen-bond donors (Lipinski definition) is 2. The maximum Gasteiger partial charge on any atom is 0.410 e. The summed E-state index contributed by atoms with van der Waals surface area (Å²) in [7, 11) is 0.